The van der Waals surface area contributed by atoms with Crippen LogP contribution in [-0.4, -0.2) is 40.1 Å². The molecule has 3 rings (SSSR count). The van der Waals surface area contributed by atoms with Gasteiger partial charge in [0.25, 0.3) is 0 Å². The highest BCUT2D eigenvalue weighted by Gasteiger charge is 2.33. The molecule has 1 aromatic heterocycles. The van der Waals surface area contributed by atoms with Crippen LogP contribution in [0.2, 0.25) is 0 Å². The lowest BCUT2D eigenvalue weighted by Crippen LogP contribution is -2.48. The quantitative estimate of drug-likeness (QED) is 0.888. The van der Waals surface area contributed by atoms with Crippen LogP contribution in [0.4, 0.5) is 0 Å². The van der Waals surface area contributed by atoms with E-state index in [1.165, 1.54) is 0 Å². The third kappa shape index (κ3) is 4.44. The van der Waals surface area contributed by atoms with Crippen molar-refractivity contribution < 1.29 is 9.32 Å². The summed E-state index contributed by atoms with van der Waals surface area (Å²) >= 11 is 0. The van der Waals surface area contributed by atoms with E-state index in [1.807, 2.05) is 4.90 Å². The molecule has 2 fully saturated rings. The molecule has 1 aromatic rings. The van der Waals surface area contributed by atoms with Crippen LogP contribution in [0, 0.1) is 5.92 Å². The molecule has 1 aliphatic carbocycles. The van der Waals surface area contributed by atoms with Gasteiger partial charge < -0.3 is 15.2 Å². The van der Waals surface area contributed by atoms with Crippen LogP contribution in [-0.2, 0) is 4.79 Å². The van der Waals surface area contributed by atoms with Gasteiger partial charge in [0.05, 0.1) is 6.04 Å². The number of carbonyl (C=O) groups is 1. The Morgan fingerprint density at radius 2 is 2.09 bits per heavy atom. The van der Waals surface area contributed by atoms with Crippen LogP contribution in [0.3, 0.4) is 0 Å². The highest BCUT2D eigenvalue weighted by Crippen LogP contribution is 2.39. The van der Waals surface area contributed by atoms with Gasteiger partial charge in [0.15, 0.2) is 5.82 Å². The molecule has 6 nitrogen and oxygen atoms in total. The summed E-state index contributed by atoms with van der Waals surface area (Å²) in [6.45, 7) is 5.62. The molecule has 2 aliphatic rings. The molecule has 2 heterocycles. The fourth-order valence-electron chi connectivity index (χ4n) is 3.14. The first-order valence-electron chi connectivity index (χ1n) is 8.42. The van der Waals surface area contributed by atoms with Gasteiger partial charge in [0.1, 0.15) is 0 Å². The Hall–Kier alpha value is -1.14. The molecule has 0 spiro atoms. The largest absolute Gasteiger partial charge is 0.341 e. The summed E-state index contributed by atoms with van der Waals surface area (Å²) in [5.41, 5.74) is 6.04. The summed E-state index contributed by atoms with van der Waals surface area (Å²) in [6, 6.07) is -0.397. The Kier molecular flexibility index (Phi) is 6.03. The number of hydrogen-bond acceptors (Lipinski definition) is 5. The number of halogens is 1. The highest BCUT2D eigenvalue weighted by atomic mass is 35.5. The smallest absolute Gasteiger partial charge is 0.239 e. The molecular weight excluding hydrogens is 316 g/mol. The number of nitrogens with zero attached hydrogens (tertiary/aromatic N) is 3. The van der Waals surface area contributed by atoms with Gasteiger partial charge in [0, 0.05) is 24.9 Å². The molecule has 1 aliphatic heterocycles. The lowest BCUT2D eigenvalue weighted by Gasteiger charge is -2.33. The molecule has 1 saturated heterocycles. The van der Waals surface area contributed by atoms with Gasteiger partial charge in [0.2, 0.25) is 11.8 Å². The van der Waals surface area contributed by atoms with E-state index < -0.39 is 6.04 Å². The van der Waals surface area contributed by atoms with Crippen LogP contribution in [0.5, 0.6) is 0 Å². The minimum Gasteiger partial charge on any atom is -0.341 e. The fraction of sp³-hybridized carbons (Fsp3) is 0.812. The average Bonchev–Trinajstić information content (AvgIpc) is 3.23. The first kappa shape index (κ1) is 18.2. The monoisotopic (exact) mass is 342 g/mol. The van der Waals surface area contributed by atoms with Gasteiger partial charge in [-0.25, -0.2) is 0 Å². The zero-order valence-corrected chi connectivity index (χ0v) is 14.7. The van der Waals surface area contributed by atoms with Crippen molar-refractivity contribution in [2.75, 3.05) is 13.1 Å². The average molecular weight is 343 g/mol. The molecule has 1 amide bonds. The summed E-state index contributed by atoms with van der Waals surface area (Å²) in [7, 11) is 0. The summed E-state index contributed by atoms with van der Waals surface area (Å²) in [6.07, 6.45) is 5.01. The first-order valence-corrected chi connectivity index (χ1v) is 8.42. The van der Waals surface area contributed by atoms with Gasteiger partial charge in [-0.1, -0.05) is 19.0 Å². The standard InChI is InChI=1S/C16H26N4O2.ClH/c1-10(2)8-13(17)16(21)20-7-3-4-12(9-20)14-18-15(22-19-14)11-5-6-11;/h10-13H,3-9,17H2,1-2H3;1H/t12?,13-;/m0./s1. The molecule has 7 heteroatoms. The van der Waals surface area contributed by atoms with E-state index in [0.717, 1.165) is 50.4 Å². The van der Waals surface area contributed by atoms with E-state index >= 15 is 0 Å². The van der Waals surface area contributed by atoms with Crippen molar-refractivity contribution in [1.29, 1.82) is 0 Å². The fourth-order valence-corrected chi connectivity index (χ4v) is 3.14. The Morgan fingerprint density at radius 3 is 2.74 bits per heavy atom. The molecule has 0 bridgehead atoms. The second-order valence-electron chi connectivity index (χ2n) is 7.12. The van der Waals surface area contributed by atoms with Crippen LogP contribution in [0.15, 0.2) is 4.52 Å². The molecule has 130 valence electrons. The van der Waals surface area contributed by atoms with Crippen molar-refractivity contribution in [3.8, 4) is 0 Å². The summed E-state index contributed by atoms with van der Waals surface area (Å²) < 4.78 is 5.35. The third-order valence-electron chi connectivity index (χ3n) is 4.52. The van der Waals surface area contributed by atoms with E-state index in [1.54, 1.807) is 0 Å². The molecule has 23 heavy (non-hydrogen) atoms. The zero-order chi connectivity index (χ0) is 15.7. The number of piperidine rings is 1. The van der Waals surface area contributed by atoms with Gasteiger partial charge in [-0.15, -0.1) is 12.4 Å². The van der Waals surface area contributed by atoms with E-state index in [2.05, 4.69) is 24.0 Å². The molecule has 2 N–H and O–H groups in total. The van der Waals surface area contributed by atoms with Gasteiger partial charge in [-0.3, -0.25) is 4.79 Å². The lowest BCUT2D eigenvalue weighted by atomic mass is 9.95. The van der Waals surface area contributed by atoms with Crippen molar-refractivity contribution in [1.82, 2.24) is 15.0 Å². The minimum absolute atomic E-state index is 0. The number of aromatic nitrogens is 2. The number of rotatable bonds is 5. The van der Waals surface area contributed by atoms with Crippen molar-refractivity contribution in [3.63, 3.8) is 0 Å². The second-order valence-corrected chi connectivity index (χ2v) is 7.12. The number of nitrogens with two attached hydrogens (primary N) is 1. The van der Waals surface area contributed by atoms with Crippen LogP contribution in [0.25, 0.3) is 0 Å². The van der Waals surface area contributed by atoms with E-state index in [4.69, 9.17) is 10.3 Å². The first-order chi connectivity index (χ1) is 10.5. The highest BCUT2D eigenvalue weighted by molar-refractivity contribution is 5.85. The van der Waals surface area contributed by atoms with Gasteiger partial charge >= 0.3 is 0 Å². The maximum Gasteiger partial charge on any atom is 0.239 e. The van der Waals surface area contributed by atoms with Gasteiger partial charge in [-0.05, 0) is 38.0 Å². The summed E-state index contributed by atoms with van der Waals surface area (Å²) in [5, 5.41) is 4.13. The van der Waals surface area contributed by atoms with Crippen molar-refractivity contribution in [2.24, 2.45) is 11.7 Å². The molecule has 1 saturated carbocycles. The number of carbonyl (C=O) groups excluding carboxylic acids is 1. The van der Waals surface area contributed by atoms with E-state index in [0.29, 0.717) is 18.4 Å². The number of amides is 1. The number of hydrogen-bond donors (Lipinski definition) is 1. The topological polar surface area (TPSA) is 85.3 Å². The van der Waals surface area contributed by atoms with Crippen molar-refractivity contribution in [2.45, 2.75) is 63.8 Å². The Labute approximate surface area is 143 Å². The third-order valence-corrected chi connectivity index (χ3v) is 4.52. The molecule has 1 unspecified atom stereocenters. The summed E-state index contributed by atoms with van der Waals surface area (Å²) in [5.74, 6) is 2.68. The maximum atomic E-state index is 12.5. The molecule has 0 aromatic carbocycles. The molecular formula is C16H27ClN4O2. The lowest BCUT2D eigenvalue weighted by molar-refractivity contribution is -0.134. The molecule has 0 radical (unpaired) electrons. The Balaban J connectivity index is 0.00000192. The van der Waals surface area contributed by atoms with Crippen molar-refractivity contribution in [3.05, 3.63) is 11.7 Å². The van der Waals surface area contributed by atoms with Crippen LogP contribution < -0.4 is 5.73 Å². The van der Waals surface area contributed by atoms with Gasteiger partial charge in [-0.2, -0.15) is 4.98 Å². The normalized spacial score (nSPS) is 22.8. The predicted molar refractivity (Wildman–Crippen MR) is 89.5 cm³/mol. The number of likely N-dealkylation sites (tertiary alicyclic amines) is 1. The van der Waals surface area contributed by atoms with Crippen LogP contribution in [0.1, 0.15) is 69.5 Å². The summed E-state index contributed by atoms with van der Waals surface area (Å²) in [4.78, 5) is 18.9. The minimum atomic E-state index is -0.397. The van der Waals surface area contributed by atoms with E-state index in [9.17, 15) is 4.79 Å². The van der Waals surface area contributed by atoms with Crippen molar-refractivity contribution >= 4 is 18.3 Å². The Bertz CT molecular complexity index is 530. The maximum absolute atomic E-state index is 12.5. The zero-order valence-electron chi connectivity index (χ0n) is 13.9. The van der Waals surface area contributed by atoms with Crippen LogP contribution >= 0.6 is 12.4 Å². The van der Waals surface area contributed by atoms with E-state index in [-0.39, 0.29) is 24.2 Å². The second kappa shape index (κ2) is 7.62. The molecule has 2 atom stereocenters. The Morgan fingerprint density at radius 1 is 1.35 bits per heavy atom. The SMILES string of the molecule is CC(C)C[C@H](N)C(=O)N1CCCC(c2noc(C3CC3)n2)C1.Cl. The predicted octanol–water partition coefficient (Wildman–Crippen LogP) is 2.45.